The predicted octanol–water partition coefficient (Wildman–Crippen LogP) is 2.93. The van der Waals surface area contributed by atoms with Gasteiger partial charge in [-0.2, -0.15) is 0 Å². The molecule has 1 aromatic rings. The third kappa shape index (κ3) is 4.27. The molecule has 0 bridgehead atoms. The van der Waals surface area contributed by atoms with Gasteiger partial charge in [-0.1, -0.05) is 32.8 Å². The summed E-state index contributed by atoms with van der Waals surface area (Å²) in [5.74, 6) is -0.625. The van der Waals surface area contributed by atoms with E-state index in [2.05, 4.69) is 15.6 Å². The molecule has 1 heterocycles. The normalized spacial score (nSPS) is 11.0. The Morgan fingerprint density at radius 3 is 2.40 bits per heavy atom. The summed E-state index contributed by atoms with van der Waals surface area (Å²) >= 11 is 0. The zero-order chi connectivity index (χ0) is 21.7. The molecular formula is C22H26N4O4. The molecule has 1 aliphatic carbocycles. The topological polar surface area (TPSA) is 127 Å². The van der Waals surface area contributed by atoms with Gasteiger partial charge in [-0.05, 0) is 25.0 Å². The molecule has 158 valence electrons. The number of fused-ring (bicyclic) bond motifs is 2. The minimum absolute atomic E-state index is 0.0274. The van der Waals surface area contributed by atoms with Crippen molar-refractivity contribution in [2.24, 2.45) is 0 Å². The maximum Gasteiger partial charge on any atom is 0.255 e. The molecule has 1 aliphatic heterocycles. The number of carbonyl (C=O) groups excluding carboxylic acids is 2. The Morgan fingerprint density at radius 1 is 1.07 bits per heavy atom. The molecule has 0 fully saturated rings. The van der Waals surface area contributed by atoms with Crippen molar-refractivity contribution >= 4 is 28.6 Å². The molecule has 0 atom stereocenters. The van der Waals surface area contributed by atoms with E-state index in [-0.39, 0.29) is 28.6 Å². The summed E-state index contributed by atoms with van der Waals surface area (Å²) in [5, 5.41) is 5.62. The minimum atomic E-state index is -0.512. The van der Waals surface area contributed by atoms with Crippen molar-refractivity contribution < 1.29 is 14.0 Å². The Labute approximate surface area is 174 Å². The number of aromatic nitrogens is 1. The molecular weight excluding hydrogens is 384 g/mol. The van der Waals surface area contributed by atoms with E-state index in [1.807, 2.05) is 13.8 Å². The Balaban J connectivity index is 2.14. The number of nitrogens with two attached hydrogens (primary N) is 1. The lowest BCUT2D eigenvalue weighted by molar-refractivity contribution is 0.0946. The van der Waals surface area contributed by atoms with E-state index in [1.165, 1.54) is 6.07 Å². The number of carbonyl (C=O) groups is 2. The molecule has 2 aliphatic rings. The number of hydrogen-bond acceptors (Lipinski definition) is 6. The molecule has 30 heavy (non-hydrogen) atoms. The fourth-order valence-corrected chi connectivity index (χ4v) is 3.13. The largest absolute Gasteiger partial charge is 0.453 e. The summed E-state index contributed by atoms with van der Waals surface area (Å²) in [6, 6.07) is 6.20. The zero-order valence-corrected chi connectivity index (χ0v) is 17.2. The lowest BCUT2D eigenvalue weighted by Gasteiger charge is -2.14. The number of amides is 2. The summed E-state index contributed by atoms with van der Waals surface area (Å²) < 4.78 is 5.84. The van der Waals surface area contributed by atoms with Crippen molar-refractivity contribution in [3.8, 4) is 11.5 Å². The van der Waals surface area contributed by atoms with Crippen molar-refractivity contribution in [3.05, 3.63) is 45.6 Å². The van der Waals surface area contributed by atoms with Gasteiger partial charge < -0.3 is 20.8 Å². The Bertz CT molecular complexity index is 1110. The highest BCUT2D eigenvalue weighted by Gasteiger charge is 2.25. The van der Waals surface area contributed by atoms with Gasteiger partial charge in [-0.25, -0.2) is 4.98 Å². The highest BCUT2D eigenvalue weighted by atomic mass is 16.3. The first kappa shape index (κ1) is 21.3. The molecule has 0 unspecified atom stereocenters. The van der Waals surface area contributed by atoms with Gasteiger partial charge >= 0.3 is 0 Å². The molecule has 0 radical (unpaired) electrons. The molecule has 0 saturated heterocycles. The fraction of sp³-hybridized carbons (Fsp3) is 0.364. The number of nitrogens with zero attached hydrogens (tertiary/aromatic N) is 1. The van der Waals surface area contributed by atoms with Gasteiger partial charge in [0.15, 0.2) is 11.3 Å². The van der Waals surface area contributed by atoms with Gasteiger partial charge in [0, 0.05) is 19.2 Å². The van der Waals surface area contributed by atoms with E-state index in [0.29, 0.717) is 29.8 Å². The SMILES string of the molecule is CCCCNC(=O)c1c2nc3c(C(=O)NCCCC)cccc3oc-2cc(=O)c1N. The second kappa shape index (κ2) is 9.39. The van der Waals surface area contributed by atoms with Gasteiger partial charge in [0.2, 0.25) is 5.43 Å². The van der Waals surface area contributed by atoms with E-state index >= 15 is 0 Å². The molecule has 2 amide bonds. The third-order valence-corrected chi connectivity index (χ3v) is 4.81. The number of para-hydroxylation sites is 1. The Kier molecular flexibility index (Phi) is 6.66. The molecule has 0 spiro atoms. The highest BCUT2D eigenvalue weighted by molar-refractivity contribution is 6.07. The summed E-state index contributed by atoms with van der Waals surface area (Å²) in [6.45, 7) is 5.05. The van der Waals surface area contributed by atoms with E-state index in [4.69, 9.17) is 10.2 Å². The van der Waals surface area contributed by atoms with E-state index in [1.54, 1.807) is 18.2 Å². The van der Waals surface area contributed by atoms with Crippen LogP contribution in [0.4, 0.5) is 5.69 Å². The summed E-state index contributed by atoms with van der Waals surface area (Å²) in [4.78, 5) is 42.2. The number of nitrogen functional groups attached to an aromatic ring is 1. The number of rotatable bonds is 8. The van der Waals surface area contributed by atoms with Gasteiger partial charge in [-0.15, -0.1) is 0 Å². The lowest BCUT2D eigenvalue weighted by Crippen LogP contribution is -2.29. The van der Waals surface area contributed by atoms with Crippen molar-refractivity contribution in [2.45, 2.75) is 39.5 Å². The number of unbranched alkanes of at least 4 members (excludes halogenated alkanes) is 2. The highest BCUT2D eigenvalue weighted by Crippen LogP contribution is 2.30. The van der Waals surface area contributed by atoms with Crippen LogP contribution in [0.5, 0.6) is 0 Å². The van der Waals surface area contributed by atoms with E-state index in [9.17, 15) is 14.4 Å². The average Bonchev–Trinajstić information content (AvgIpc) is 2.73. The number of nitrogens with one attached hydrogen (secondary N) is 2. The van der Waals surface area contributed by atoms with Crippen molar-refractivity contribution in [2.75, 3.05) is 18.8 Å². The second-order valence-corrected chi connectivity index (χ2v) is 7.10. The smallest absolute Gasteiger partial charge is 0.255 e. The van der Waals surface area contributed by atoms with Crippen LogP contribution in [0.25, 0.3) is 22.6 Å². The lowest BCUT2D eigenvalue weighted by atomic mass is 10.0. The van der Waals surface area contributed by atoms with Crippen LogP contribution in [0.2, 0.25) is 0 Å². The van der Waals surface area contributed by atoms with Crippen LogP contribution in [0.15, 0.2) is 33.5 Å². The first-order chi connectivity index (χ1) is 14.5. The van der Waals surface area contributed by atoms with Crippen LogP contribution in [-0.2, 0) is 0 Å². The molecule has 0 aromatic heterocycles. The van der Waals surface area contributed by atoms with Crippen LogP contribution in [0, 0.1) is 0 Å². The van der Waals surface area contributed by atoms with Gasteiger partial charge in [0.05, 0.1) is 16.8 Å². The number of anilines is 1. The number of hydrogen-bond donors (Lipinski definition) is 3. The molecule has 1 aromatic carbocycles. The Hall–Kier alpha value is -3.42. The van der Waals surface area contributed by atoms with Gasteiger partial charge in [0.1, 0.15) is 11.2 Å². The van der Waals surface area contributed by atoms with Crippen LogP contribution in [0.1, 0.15) is 60.2 Å². The maximum absolute atomic E-state index is 12.7. The predicted molar refractivity (Wildman–Crippen MR) is 116 cm³/mol. The van der Waals surface area contributed by atoms with Crippen molar-refractivity contribution in [1.29, 1.82) is 0 Å². The number of benzene rings is 2. The van der Waals surface area contributed by atoms with E-state index in [0.717, 1.165) is 25.7 Å². The molecule has 8 heteroatoms. The quantitative estimate of drug-likeness (QED) is 0.298. The van der Waals surface area contributed by atoms with Crippen LogP contribution >= 0.6 is 0 Å². The fourth-order valence-electron chi connectivity index (χ4n) is 3.13. The maximum atomic E-state index is 12.7. The average molecular weight is 410 g/mol. The monoisotopic (exact) mass is 410 g/mol. The Morgan fingerprint density at radius 2 is 1.73 bits per heavy atom. The molecule has 0 saturated carbocycles. The minimum Gasteiger partial charge on any atom is -0.453 e. The summed E-state index contributed by atoms with van der Waals surface area (Å²) in [7, 11) is 0. The molecule has 4 N–H and O–H groups in total. The van der Waals surface area contributed by atoms with Crippen LogP contribution < -0.4 is 21.8 Å². The third-order valence-electron chi connectivity index (χ3n) is 4.81. The zero-order valence-electron chi connectivity index (χ0n) is 17.2. The van der Waals surface area contributed by atoms with Crippen LogP contribution in [0.3, 0.4) is 0 Å². The van der Waals surface area contributed by atoms with E-state index < -0.39 is 11.3 Å². The summed E-state index contributed by atoms with van der Waals surface area (Å²) in [6.07, 6.45) is 3.53. The standard InChI is InChI=1S/C22H26N4O4/c1-3-5-10-24-21(28)13-8-7-9-15-19(13)26-20-16(30-15)12-14(27)18(23)17(20)22(29)25-11-6-4-2/h7-9,12H,3-6,10-11,23H2,1-2H3,(H,24,28)(H,25,29). The van der Waals surface area contributed by atoms with Crippen molar-refractivity contribution in [1.82, 2.24) is 15.6 Å². The summed E-state index contributed by atoms with van der Waals surface area (Å²) in [5.41, 5.74) is 6.34. The van der Waals surface area contributed by atoms with Crippen LogP contribution in [-0.4, -0.2) is 29.9 Å². The first-order valence-electron chi connectivity index (χ1n) is 10.2. The van der Waals surface area contributed by atoms with Gasteiger partial charge in [0.25, 0.3) is 11.8 Å². The molecule has 3 rings (SSSR count). The molecule has 8 nitrogen and oxygen atoms in total. The second-order valence-electron chi connectivity index (χ2n) is 7.10. The van der Waals surface area contributed by atoms with Gasteiger partial charge in [-0.3, -0.25) is 14.4 Å². The first-order valence-corrected chi connectivity index (χ1v) is 10.2. The van der Waals surface area contributed by atoms with Crippen molar-refractivity contribution in [3.63, 3.8) is 0 Å².